The Morgan fingerprint density at radius 2 is 1.89 bits per heavy atom. The number of pyridine rings is 1. The summed E-state index contributed by atoms with van der Waals surface area (Å²) >= 11 is 0. The Labute approximate surface area is 107 Å². The molecule has 1 atom stereocenters. The lowest BCUT2D eigenvalue weighted by molar-refractivity contribution is 0.601. The third-order valence-corrected chi connectivity index (χ3v) is 2.91. The molecular weight excluding hydrogens is 227 g/mol. The molecule has 0 aliphatic carbocycles. The monoisotopic (exact) mass is 244 g/mol. The third kappa shape index (κ3) is 3.93. The van der Waals surface area contributed by atoms with Gasteiger partial charge in [0, 0.05) is 17.9 Å². The van der Waals surface area contributed by atoms with Gasteiger partial charge in [0.05, 0.1) is 0 Å². The summed E-state index contributed by atoms with van der Waals surface area (Å²) in [5.41, 5.74) is 8.21. The molecule has 0 saturated heterocycles. The number of aromatic nitrogens is 1. The van der Waals surface area contributed by atoms with Crippen LogP contribution >= 0.6 is 0 Å². The first kappa shape index (κ1) is 12.7. The van der Waals surface area contributed by atoms with Gasteiger partial charge in [0.25, 0.3) is 0 Å². The fourth-order valence-electron chi connectivity index (χ4n) is 1.90. The van der Waals surface area contributed by atoms with Crippen LogP contribution in [-0.2, 0) is 12.8 Å². The smallest absolute Gasteiger partial charge is 0.123 e. The summed E-state index contributed by atoms with van der Waals surface area (Å²) in [6.07, 6.45) is 4.32. The SMILES string of the molecule is NC(CCc1ccccn1)Cc1ccc(F)cc1. The van der Waals surface area contributed by atoms with Crippen molar-refractivity contribution in [1.29, 1.82) is 0 Å². The van der Waals surface area contributed by atoms with Crippen LogP contribution in [-0.4, -0.2) is 11.0 Å². The molecule has 0 fully saturated rings. The van der Waals surface area contributed by atoms with Crippen molar-refractivity contribution in [3.05, 3.63) is 65.7 Å². The van der Waals surface area contributed by atoms with Crippen molar-refractivity contribution in [1.82, 2.24) is 4.98 Å². The van der Waals surface area contributed by atoms with Crippen LogP contribution in [0.5, 0.6) is 0 Å². The molecule has 2 aromatic rings. The molecule has 0 aliphatic rings. The van der Waals surface area contributed by atoms with Crippen molar-refractivity contribution in [2.75, 3.05) is 0 Å². The molecule has 2 N–H and O–H groups in total. The summed E-state index contributed by atoms with van der Waals surface area (Å²) in [6.45, 7) is 0. The second-order valence-corrected chi connectivity index (χ2v) is 4.45. The number of nitrogens with two attached hydrogens (primary N) is 1. The fraction of sp³-hybridized carbons (Fsp3) is 0.267. The molecule has 1 aromatic heterocycles. The van der Waals surface area contributed by atoms with Crippen LogP contribution in [0.25, 0.3) is 0 Å². The number of hydrogen-bond acceptors (Lipinski definition) is 2. The maximum atomic E-state index is 12.8. The first-order valence-electron chi connectivity index (χ1n) is 6.14. The van der Waals surface area contributed by atoms with Crippen molar-refractivity contribution in [3.63, 3.8) is 0 Å². The Bertz CT molecular complexity index is 468. The average Bonchev–Trinajstić information content (AvgIpc) is 2.40. The van der Waals surface area contributed by atoms with Gasteiger partial charge in [-0.05, 0) is 49.1 Å². The molecule has 18 heavy (non-hydrogen) atoms. The van der Waals surface area contributed by atoms with Crippen molar-refractivity contribution in [2.45, 2.75) is 25.3 Å². The standard InChI is InChI=1S/C15H17FN2/c16-13-6-4-12(5-7-13)11-14(17)8-9-15-3-1-2-10-18-15/h1-7,10,14H,8-9,11,17H2. The summed E-state index contributed by atoms with van der Waals surface area (Å²) in [6, 6.07) is 12.5. The van der Waals surface area contributed by atoms with Crippen molar-refractivity contribution >= 4 is 0 Å². The lowest BCUT2D eigenvalue weighted by Crippen LogP contribution is -2.23. The zero-order chi connectivity index (χ0) is 12.8. The summed E-state index contributed by atoms with van der Waals surface area (Å²) in [5, 5.41) is 0. The molecular formula is C15H17FN2. The van der Waals surface area contributed by atoms with Gasteiger partial charge in [-0.25, -0.2) is 4.39 Å². The normalized spacial score (nSPS) is 12.3. The lowest BCUT2D eigenvalue weighted by atomic mass is 10.0. The predicted octanol–water partition coefficient (Wildman–Crippen LogP) is 2.72. The average molecular weight is 244 g/mol. The Morgan fingerprint density at radius 1 is 1.11 bits per heavy atom. The van der Waals surface area contributed by atoms with E-state index in [1.165, 1.54) is 12.1 Å². The largest absolute Gasteiger partial charge is 0.327 e. The number of halogens is 1. The number of rotatable bonds is 5. The molecule has 1 aromatic carbocycles. The number of nitrogens with zero attached hydrogens (tertiary/aromatic N) is 1. The first-order chi connectivity index (χ1) is 8.74. The van der Waals surface area contributed by atoms with E-state index in [0.717, 1.165) is 30.5 Å². The molecule has 3 heteroatoms. The number of aryl methyl sites for hydroxylation is 1. The van der Waals surface area contributed by atoms with Gasteiger partial charge in [-0.2, -0.15) is 0 Å². The molecule has 0 radical (unpaired) electrons. The maximum absolute atomic E-state index is 12.8. The summed E-state index contributed by atoms with van der Waals surface area (Å²) in [5.74, 6) is -0.208. The Balaban J connectivity index is 1.82. The highest BCUT2D eigenvalue weighted by atomic mass is 19.1. The highest BCUT2D eigenvalue weighted by Gasteiger charge is 2.05. The lowest BCUT2D eigenvalue weighted by Gasteiger charge is -2.11. The topological polar surface area (TPSA) is 38.9 Å². The van der Waals surface area contributed by atoms with Crippen LogP contribution in [0.1, 0.15) is 17.7 Å². The van der Waals surface area contributed by atoms with E-state index in [9.17, 15) is 4.39 Å². The minimum atomic E-state index is -0.208. The van der Waals surface area contributed by atoms with Gasteiger partial charge in [-0.15, -0.1) is 0 Å². The number of benzene rings is 1. The van der Waals surface area contributed by atoms with Crippen LogP contribution in [0, 0.1) is 5.82 Å². The third-order valence-electron chi connectivity index (χ3n) is 2.91. The molecule has 0 aliphatic heterocycles. The van der Waals surface area contributed by atoms with Crippen molar-refractivity contribution in [2.24, 2.45) is 5.73 Å². The highest BCUT2D eigenvalue weighted by Crippen LogP contribution is 2.08. The molecule has 1 unspecified atom stereocenters. The molecule has 0 amide bonds. The summed E-state index contributed by atoms with van der Waals surface area (Å²) in [7, 11) is 0. The van der Waals surface area contributed by atoms with Gasteiger partial charge in [0.2, 0.25) is 0 Å². The van der Waals surface area contributed by atoms with Gasteiger partial charge in [-0.1, -0.05) is 18.2 Å². The van der Waals surface area contributed by atoms with E-state index in [-0.39, 0.29) is 11.9 Å². The minimum absolute atomic E-state index is 0.0810. The summed E-state index contributed by atoms with van der Waals surface area (Å²) < 4.78 is 12.8. The molecule has 2 nitrogen and oxygen atoms in total. The van der Waals surface area contributed by atoms with E-state index >= 15 is 0 Å². The van der Waals surface area contributed by atoms with Gasteiger partial charge >= 0.3 is 0 Å². The second kappa shape index (κ2) is 6.26. The molecule has 1 heterocycles. The van der Waals surface area contributed by atoms with E-state index in [2.05, 4.69) is 4.98 Å². The highest BCUT2D eigenvalue weighted by molar-refractivity contribution is 5.17. The molecule has 0 saturated carbocycles. The van der Waals surface area contributed by atoms with Gasteiger partial charge in [-0.3, -0.25) is 4.98 Å². The van der Waals surface area contributed by atoms with E-state index < -0.39 is 0 Å². The molecule has 94 valence electrons. The second-order valence-electron chi connectivity index (χ2n) is 4.45. The van der Waals surface area contributed by atoms with Gasteiger partial charge in [0.15, 0.2) is 0 Å². The van der Waals surface area contributed by atoms with Gasteiger partial charge < -0.3 is 5.73 Å². The first-order valence-corrected chi connectivity index (χ1v) is 6.14. The maximum Gasteiger partial charge on any atom is 0.123 e. The zero-order valence-electron chi connectivity index (χ0n) is 10.2. The van der Waals surface area contributed by atoms with E-state index in [1.807, 2.05) is 18.2 Å². The molecule has 2 rings (SSSR count). The van der Waals surface area contributed by atoms with Crippen molar-refractivity contribution in [3.8, 4) is 0 Å². The van der Waals surface area contributed by atoms with Crippen LogP contribution in [0.2, 0.25) is 0 Å². The zero-order valence-corrected chi connectivity index (χ0v) is 10.2. The van der Waals surface area contributed by atoms with Crippen molar-refractivity contribution < 1.29 is 4.39 Å². The Hall–Kier alpha value is -1.74. The number of hydrogen-bond donors (Lipinski definition) is 1. The molecule has 0 bridgehead atoms. The quantitative estimate of drug-likeness (QED) is 0.878. The van der Waals surface area contributed by atoms with E-state index in [0.29, 0.717) is 0 Å². The van der Waals surface area contributed by atoms with Crippen LogP contribution in [0.15, 0.2) is 48.7 Å². The Morgan fingerprint density at radius 3 is 2.56 bits per heavy atom. The predicted molar refractivity (Wildman–Crippen MR) is 70.6 cm³/mol. The fourth-order valence-corrected chi connectivity index (χ4v) is 1.90. The van der Waals surface area contributed by atoms with Gasteiger partial charge in [0.1, 0.15) is 5.82 Å². The van der Waals surface area contributed by atoms with Crippen LogP contribution in [0.3, 0.4) is 0 Å². The minimum Gasteiger partial charge on any atom is -0.327 e. The van der Waals surface area contributed by atoms with Crippen LogP contribution < -0.4 is 5.73 Å². The van der Waals surface area contributed by atoms with Crippen LogP contribution in [0.4, 0.5) is 4.39 Å². The van der Waals surface area contributed by atoms with E-state index in [4.69, 9.17) is 5.73 Å². The Kier molecular flexibility index (Phi) is 4.42. The summed E-state index contributed by atoms with van der Waals surface area (Å²) in [4.78, 5) is 4.26. The van der Waals surface area contributed by atoms with E-state index in [1.54, 1.807) is 18.3 Å². The molecule has 0 spiro atoms.